The maximum Gasteiger partial charge on any atom is 0.225 e. The molecule has 106 valence electrons. The van der Waals surface area contributed by atoms with Crippen LogP contribution in [0.2, 0.25) is 10.0 Å². The van der Waals surface area contributed by atoms with Crippen molar-refractivity contribution in [2.24, 2.45) is 0 Å². The van der Waals surface area contributed by atoms with Crippen molar-refractivity contribution in [2.45, 2.75) is 6.54 Å². The van der Waals surface area contributed by atoms with Gasteiger partial charge in [-0.15, -0.1) is 0 Å². The van der Waals surface area contributed by atoms with Gasteiger partial charge in [0.2, 0.25) is 11.8 Å². The third-order valence-electron chi connectivity index (χ3n) is 2.66. The Balaban J connectivity index is 2.24. The molecule has 0 aliphatic heterocycles. The summed E-state index contributed by atoms with van der Waals surface area (Å²) in [6, 6.07) is 5.37. The molecule has 0 aliphatic rings. The average Bonchev–Trinajstić information content (AvgIpc) is 2.48. The number of methoxy groups -OCH3 is 2. The normalized spacial score (nSPS) is 10.2. The number of aromatic nitrogens is 2. The van der Waals surface area contributed by atoms with E-state index in [0.717, 1.165) is 0 Å². The molecule has 0 saturated carbocycles. The zero-order valence-electron chi connectivity index (χ0n) is 11.0. The molecule has 0 unspecified atom stereocenters. The molecule has 0 amide bonds. The molecule has 1 N–H and O–H groups in total. The van der Waals surface area contributed by atoms with E-state index >= 15 is 0 Å². The fourth-order valence-electron chi connectivity index (χ4n) is 1.71. The highest BCUT2D eigenvalue weighted by Gasteiger charge is 2.13. The third kappa shape index (κ3) is 3.05. The SMILES string of the molecule is COc1ncnc(OC)c1CNc1cccc(Cl)c1Cl. The van der Waals surface area contributed by atoms with Crippen LogP contribution >= 0.6 is 23.2 Å². The number of halogens is 2. The molecular formula is C13H13Cl2N3O2. The maximum absolute atomic E-state index is 6.12. The summed E-state index contributed by atoms with van der Waals surface area (Å²) in [6.45, 7) is 0.396. The summed E-state index contributed by atoms with van der Waals surface area (Å²) < 4.78 is 10.4. The standard InChI is InChI=1S/C13H13Cl2N3O2/c1-19-12-8(13(20-2)18-7-17-12)6-16-10-5-3-4-9(14)11(10)15/h3-5,7,16H,6H2,1-2H3. The first-order valence-electron chi connectivity index (χ1n) is 5.77. The molecule has 0 spiro atoms. The lowest BCUT2D eigenvalue weighted by Crippen LogP contribution is -2.07. The van der Waals surface area contributed by atoms with Crippen LogP contribution in [0.4, 0.5) is 5.69 Å². The van der Waals surface area contributed by atoms with Gasteiger partial charge < -0.3 is 14.8 Å². The van der Waals surface area contributed by atoms with E-state index in [4.69, 9.17) is 32.7 Å². The van der Waals surface area contributed by atoms with E-state index in [2.05, 4.69) is 15.3 Å². The second-order valence-electron chi connectivity index (χ2n) is 3.83. The highest BCUT2D eigenvalue weighted by molar-refractivity contribution is 6.43. The zero-order valence-corrected chi connectivity index (χ0v) is 12.5. The van der Waals surface area contributed by atoms with Crippen molar-refractivity contribution in [3.05, 3.63) is 40.1 Å². The van der Waals surface area contributed by atoms with Crippen LogP contribution in [0.25, 0.3) is 0 Å². The quantitative estimate of drug-likeness (QED) is 0.916. The predicted octanol–water partition coefficient (Wildman–Crippen LogP) is 3.41. The van der Waals surface area contributed by atoms with Crippen LogP contribution in [0.3, 0.4) is 0 Å². The number of rotatable bonds is 5. The molecule has 7 heteroatoms. The van der Waals surface area contributed by atoms with Crippen LogP contribution in [0.5, 0.6) is 11.8 Å². The fourth-order valence-corrected chi connectivity index (χ4v) is 2.08. The summed E-state index contributed by atoms with van der Waals surface area (Å²) in [4.78, 5) is 8.09. The minimum absolute atomic E-state index is 0.396. The van der Waals surface area contributed by atoms with E-state index in [1.165, 1.54) is 20.5 Å². The Morgan fingerprint density at radius 3 is 2.35 bits per heavy atom. The minimum Gasteiger partial charge on any atom is -0.481 e. The van der Waals surface area contributed by atoms with Gasteiger partial charge in [0.1, 0.15) is 6.33 Å². The van der Waals surface area contributed by atoms with Crippen LogP contribution < -0.4 is 14.8 Å². The van der Waals surface area contributed by atoms with Gasteiger partial charge in [-0.3, -0.25) is 0 Å². The van der Waals surface area contributed by atoms with E-state index in [0.29, 0.717) is 39.6 Å². The van der Waals surface area contributed by atoms with Crippen LogP contribution in [-0.4, -0.2) is 24.2 Å². The van der Waals surface area contributed by atoms with Gasteiger partial charge in [0.15, 0.2) is 0 Å². The van der Waals surface area contributed by atoms with Crippen molar-refractivity contribution in [1.82, 2.24) is 9.97 Å². The molecule has 1 aromatic carbocycles. The number of anilines is 1. The number of hydrogen-bond donors (Lipinski definition) is 1. The molecular weight excluding hydrogens is 301 g/mol. The van der Waals surface area contributed by atoms with Crippen molar-refractivity contribution in [1.29, 1.82) is 0 Å². The highest BCUT2D eigenvalue weighted by atomic mass is 35.5. The van der Waals surface area contributed by atoms with E-state index in [1.807, 2.05) is 12.1 Å². The maximum atomic E-state index is 6.12. The monoisotopic (exact) mass is 313 g/mol. The Kier molecular flexibility index (Phi) is 4.87. The van der Waals surface area contributed by atoms with E-state index in [-0.39, 0.29) is 0 Å². The Bertz CT molecular complexity index is 586. The predicted molar refractivity (Wildman–Crippen MR) is 78.9 cm³/mol. The Morgan fingerprint density at radius 1 is 1.10 bits per heavy atom. The molecule has 0 fully saturated rings. The van der Waals surface area contributed by atoms with Gasteiger partial charge in [0, 0.05) is 0 Å². The van der Waals surface area contributed by atoms with E-state index < -0.39 is 0 Å². The molecule has 2 aromatic rings. The van der Waals surface area contributed by atoms with Gasteiger partial charge in [-0.25, -0.2) is 9.97 Å². The molecule has 0 aliphatic carbocycles. The lowest BCUT2D eigenvalue weighted by atomic mass is 10.2. The molecule has 0 atom stereocenters. The number of nitrogens with zero attached hydrogens (tertiary/aromatic N) is 2. The molecule has 0 radical (unpaired) electrons. The van der Waals surface area contributed by atoms with Gasteiger partial charge in [-0.2, -0.15) is 0 Å². The lowest BCUT2D eigenvalue weighted by Gasteiger charge is -2.13. The van der Waals surface area contributed by atoms with Gasteiger partial charge >= 0.3 is 0 Å². The van der Waals surface area contributed by atoms with Crippen LogP contribution in [0.15, 0.2) is 24.5 Å². The fraction of sp³-hybridized carbons (Fsp3) is 0.231. The Labute approximate surface area is 126 Å². The topological polar surface area (TPSA) is 56.3 Å². The first-order chi connectivity index (χ1) is 9.67. The third-order valence-corrected chi connectivity index (χ3v) is 3.48. The molecule has 20 heavy (non-hydrogen) atoms. The summed E-state index contributed by atoms with van der Waals surface area (Å²) in [5, 5.41) is 4.11. The second kappa shape index (κ2) is 6.63. The molecule has 0 saturated heterocycles. The Hall–Kier alpha value is -1.72. The zero-order chi connectivity index (χ0) is 14.5. The van der Waals surface area contributed by atoms with Crippen molar-refractivity contribution in [2.75, 3.05) is 19.5 Å². The molecule has 1 heterocycles. The number of ether oxygens (including phenoxy) is 2. The molecule has 5 nitrogen and oxygen atoms in total. The van der Waals surface area contributed by atoms with E-state index in [9.17, 15) is 0 Å². The highest BCUT2D eigenvalue weighted by Crippen LogP contribution is 2.31. The van der Waals surface area contributed by atoms with Crippen LogP contribution in [-0.2, 0) is 6.54 Å². The smallest absolute Gasteiger partial charge is 0.225 e. The van der Waals surface area contributed by atoms with Crippen molar-refractivity contribution < 1.29 is 9.47 Å². The summed E-state index contributed by atoms with van der Waals surface area (Å²) >= 11 is 12.1. The molecule has 1 aromatic heterocycles. The minimum atomic E-state index is 0.396. The number of nitrogens with one attached hydrogen (secondary N) is 1. The van der Waals surface area contributed by atoms with E-state index in [1.54, 1.807) is 6.07 Å². The summed E-state index contributed by atoms with van der Waals surface area (Å²) in [7, 11) is 3.08. The van der Waals surface area contributed by atoms with Crippen molar-refractivity contribution in [3.8, 4) is 11.8 Å². The summed E-state index contributed by atoms with van der Waals surface area (Å²) in [5.74, 6) is 0.894. The first kappa shape index (κ1) is 14.7. The molecule has 0 bridgehead atoms. The number of benzene rings is 1. The van der Waals surface area contributed by atoms with Crippen molar-refractivity contribution in [3.63, 3.8) is 0 Å². The number of hydrogen-bond acceptors (Lipinski definition) is 5. The summed E-state index contributed by atoms with van der Waals surface area (Å²) in [5.41, 5.74) is 1.42. The van der Waals surface area contributed by atoms with Crippen molar-refractivity contribution >= 4 is 28.9 Å². The van der Waals surface area contributed by atoms with Gasteiger partial charge in [0.25, 0.3) is 0 Å². The lowest BCUT2D eigenvalue weighted by molar-refractivity contribution is 0.363. The van der Waals surface area contributed by atoms with Gasteiger partial charge in [-0.05, 0) is 12.1 Å². The summed E-state index contributed by atoms with van der Waals surface area (Å²) in [6.07, 6.45) is 1.38. The van der Waals surface area contributed by atoms with Crippen LogP contribution in [0, 0.1) is 0 Å². The Morgan fingerprint density at radius 2 is 1.75 bits per heavy atom. The largest absolute Gasteiger partial charge is 0.481 e. The second-order valence-corrected chi connectivity index (χ2v) is 4.61. The van der Waals surface area contributed by atoms with Crippen LogP contribution in [0.1, 0.15) is 5.56 Å². The first-order valence-corrected chi connectivity index (χ1v) is 6.52. The van der Waals surface area contributed by atoms with Gasteiger partial charge in [0.05, 0.1) is 42.1 Å². The van der Waals surface area contributed by atoms with Gasteiger partial charge in [-0.1, -0.05) is 29.3 Å². The molecule has 2 rings (SSSR count). The average molecular weight is 314 g/mol.